The molecule has 4 nitrogen and oxygen atoms in total. The van der Waals surface area contributed by atoms with Crippen molar-refractivity contribution in [2.24, 2.45) is 5.92 Å². The van der Waals surface area contributed by atoms with Gasteiger partial charge in [-0.15, -0.1) is 0 Å². The minimum Gasteiger partial charge on any atom is -0.341 e. The van der Waals surface area contributed by atoms with Crippen LogP contribution in [0.2, 0.25) is 0 Å². The lowest BCUT2D eigenvalue weighted by Crippen LogP contribution is -2.45. The fourth-order valence-corrected chi connectivity index (χ4v) is 2.15. The average Bonchev–Trinajstić information content (AvgIpc) is 2.28. The second-order valence-electron chi connectivity index (χ2n) is 5.23. The lowest BCUT2D eigenvalue weighted by Gasteiger charge is -2.30. The third-order valence-electron chi connectivity index (χ3n) is 3.07. The summed E-state index contributed by atoms with van der Waals surface area (Å²) in [5, 5.41) is 0. The lowest BCUT2D eigenvalue weighted by molar-refractivity contribution is -0.140. The fraction of sp³-hybridized carbons (Fsp3) is 0.846. The summed E-state index contributed by atoms with van der Waals surface area (Å²) in [5.41, 5.74) is 0. The Hall–Kier alpha value is -1.06. The standard InChI is InChI=1S/C13H24N2O2/c1-11(2)9-15(12(3)16)10-13(17)14-7-5-4-6-8-14/h11H,4-10H2,1-3H3. The second-order valence-corrected chi connectivity index (χ2v) is 5.23. The molecule has 0 bridgehead atoms. The van der Waals surface area contributed by atoms with Crippen LogP contribution in [0.3, 0.4) is 0 Å². The van der Waals surface area contributed by atoms with Crippen molar-refractivity contribution in [3.05, 3.63) is 0 Å². The van der Waals surface area contributed by atoms with Gasteiger partial charge in [0.1, 0.15) is 0 Å². The van der Waals surface area contributed by atoms with E-state index in [0.29, 0.717) is 12.5 Å². The van der Waals surface area contributed by atoms with Crippen LogP contribution in [0.15, 0.2) is 0 Å². The molecule has 0 aromatic heterocycles. The van der Waals surface area contributed by atoms with Gasteiger partial charge in [-0.2, -0.15) is 0 Å². The Morgan fingerprint density at radius 1 is 1.18 bits per heavy atom. The van der Waals surface area contributed by atoms with Gasteiger partial charge in [-0.1, -0.05) is 13.8 Å². The van der Waals surface area contributed by atoms with Crippen molar-refractivity contribution in [1.29, 1.82) is 0 Å². The van der Waals surface area contributed by atoms with Crippen LogP contribution in [0.1, 0.15) is 40.0 Å². The first-order valence-electron chi connectivity index (χ1n) is 6.54. The van der Waals surface area contributed by atoms with Gasteiger partial charge in [-0.3, -0.25) is 9.59 Å². The number of piperidine rings is 1. The summed E-state index contributed by atoms with van der Waals surface area (Å²) in [4.78, 5) is 27.0. The van der Waals surface area contributed by atoms with Gasteiger partial charge in [0.2, 0.25) is 11.8 Å². The van der Waals surface area contributed by atoms with Gasteiger partial charge in [0.05, 0.1) is 6.54 Å². The molecule has 17 heavy (non-hydrogen) atoms. The van der Waals surface area contributed by atoms with Crippen molar-refractivity contribution in [1.82, 2.24) is 9.80 Å². The van der Waals surface area contributed by atoms with Gasteiger partial charge in [0.25, 0.3) is 0 Å². The molecule has 1 aliphatic heterocycles. The minimum absolute atomic E-state index is 0.0101. The second kappa shape index (κ2) is 6.62. The van der Waals surface area contributed by atoms with Gasteiger partial charge in [-0.25, -0.2) is 0 Å². The van der Waals surface area contributed by atoms with Gasteiger partial charge in [-0.05, 0) is 25.2 Å². The molecule has 0 aliphatic carbocycles. The van der Waals surface area contributed by atoms with Gasteiger partial charge in [0, 0.05) is 26.6 Å². The Kier molecular flexibility index (Phi) is 5.45. The van der Waals surface area contributed by atoms with E-state index in [1.54, 1.807) is 4.90 Å². The molecule has 0 atom stereocenters. The lowest BCUT2D eigenvalue weighted by atomic mass is 10.1. The Labute approximate surface area is 104 Å². The van der Waals surface area contributed by atoms with E-state index in [4.69, 9.17) is 0 Å². The normalized spacial score (nSPS) is 16.1. The summed E-state index contributed by atoms with van der Waals surface area (Å²) < 4.78 is 0. The van der Waals surface area contributed by atoms with E-state index in [9.17, 15) is 9.59 Å². The highest BCUT2D eigenvalue weighted by atomic mass is 16.2. The largest absolute Gasteiger partial charge is 0.341 e. The van der Waals surface area contributed by atoms with Gasteiger partial charge in [0.15, 0.2) is 0 Å². The summed E-state index contributed by atoms with van der Waals surface area (Å²) in [5.74, 6) is 0.484. The smallest absolute Gasteiger partial charge is 0.242 e. The van der Waals surface area contributed by atoms with E-state index in [1.807, 2.05) is 4.90 Å². The number of nitrogens with zero attached hydrogens (tertiary/aromatic N) is 2. The van der Waals surface area contributed by atoms with Gasteiger partial charge >= 0.3 is 0 Å². The summed E-state index contributed by atoms with van der Waals surface area (Å²) in [6, 6.07) is 0. The van der Waals surface area contributed by atoms with Crippen LogP contribution in [0.25, 0.3) is 0 Å². The van der Waals surface area contributed by atoms with E-state index in [2.05, 4.69) is 13.8 Å². The molecule has 0 unspecified atom stereocenters. The van der Waals surface area contributed by atoms with Crippen LogP contribution in [0.4, 0.5) is 0 Å². The Bertz CT molecular complexity index is 271. The monoisotopic (exact) mass is 240 g/mol. The molecule has 1 fully saturated rings. The Morgan fingerprint density at radius 3 is 2.24 bits per heavy atom. The molecular weight excluding hydrogens is 216 g/mol. The fourth-order valence-electron chi connectivity index (χ4n) is 2.15. The molecule has 0 N–H and O–H groups in total. The van der Waals surface area contributed by atoms with E-state index in [0.717, 1.165) is 25.9 Å². The van der Waals surface area contributed by atoms with E-state index in [-0.39, 0.29) is 18.4 Å². The molecule has 1 heterocycles. The maximum Gasteiger partial charge on any atom is 0.242 e. The number of rotatable bonds is 4. The maximum absolute atomic E-state index is 12.0. The van der Waals surface area contributed by atoms with Crippen LogP contribution in [0.5, 0.6) is 0 Å². The Morgan fingerprint density at radius 2 is 1.76 bits per heavy atom. The molecule has 0 aromatic carbocycles. The highest BCUT2D eigenvalue weighted by Crippen LogP contribution is 2.09. The number of carbonyl (C=O) groups is 2. The molecule has 2 amide bonds. The van der Waals surface area contributed by atoms with Crippen LogP contribution >= 0.6 is 0 Å². The summed E-state index contributed by atoms with van der Waals surface area (Å²) >= 11 is 0. The van der Waals surface area contributed by atoms with Crippen molar-refractivity contribution in [2.45, 2.75) is 40.0 Å². The van der Waals surface area contributed by atoms with Crippen molar-refractivity contribution in [2.75, 3.05) is 26.2 Å². The highest BCUT2D eigenvalue weighted by Gasteiger charge is 2.20. The first-order valence-corrected chi connectivity index (χ1v) is 6.54. The highest BCUT2D eigenvalue weighted by molar-refractivity contribution is 5.83. The zero-order valence-corrected chi connectivity index (χ0v) is 11.2. The first-order chi connectivity index (χ1) is 8.00. The van der Waals surface area contributed by atoms with Crippen LogP contribution < -0.4 is 0 Å². The summed E-state index contributed by atoms with van der Waals surface area (Å²) in [6.45, 7) is 8.26. The van der Waals surface area contributed by atoms with Gasteiger partial charge < -0.3 is 9.80 Å². The maximum atomic E-state index is 12.0. The van der Waals surface area contributed by atoms with Crippen LogP contribution in [0, 0.1) is 5.92 Å². The molecule has 0 spiro atoms. The van der Waals surface area contributed by atoms with E-state index < -0.39 is 0 Å². The number of hydrogen-bond donors (Lipinski definition) is 0. The number of hydrogen-bond acceptors (Lipinski definition) is 2. The predicted octanol–water partition coefficient (Wildman–Crippen LogP) is 1.50. The predicted molar refractivity (Wildman–Crippen MR) is 67.5 cm³/mol. The van der Waals surface area contributed by atoms with E-state index in [1.165, 1.54) is 13.3 Å². The minimum atomic E-state index is -0.0101. The quantitative estimate of drug-likeness (QED) is 0.747. The topological polar surface area (TPSA) is 40.6 Å². The third-order valence-corrected chi connectivity index (χ3v) is 3.07. The van der Waals surface area contributed by atoms with Crippen LogP contribution in [-0.4, -0.2) is 47.8 Å². The van der Waals surface area contributed by atoms with E-state index >= 15 is 0 Å². The van der Waals surface area contributed by atoms with Crippen LogP contribution in [-0.2, 0) is 9.59 Å². The molecule has 0 saturated carbocycles. The molecular formula is C13H24N2O2. The summed E-state index contributed by atoms with van der Waals surface area (Å²) in [6.07, 6.45) is 3.40. The van der Waals surface area contributed by atoms with Crippen molar-refractivity contribution in [3.63, 3.8) is 0 Å². The Balaban J connectivity index is 2.47. The molecule has 0 radical (unpaired) electrons. The third kappa shape index (κ3) is 4.75. The molecule has 98 valence electrons. The molecule has 1 aliphatic rings. The number of amides is 2. The van der Waals surface area contributed by atoms with Crippen molar-refractivity contribution in [3.8, 4) is 0 Å². The molecule has 4 heteroatoms. The summed E-state index contributed by atoms with van der Waals surface area (Å²) in [7, 11) is 0. The number of carbonyl (C=O) groups excluding carboxylic acids is 2. The first kappa shape index (κ1) is 14.0. The number of likely N-dealkylation sites (tertiary alicyclic amines) is 1. The van der Waals surface area contributed by atoms with Crippen molar-refractivity contribution < 1.29 is 9.59 Å². The molecule has 0 aromatic rings. The SMILES string of the molecule is CC(=O)N(CC(=O)N1CCCCC1)CC(C)C. The molecule has 1 saturated heterocycles. The molecule has 1 rings (SSSR count). The van der Waals surface area contributed by atoms with Crippen molar-refractivity contribution >= 4 is 11.8 Å². The zero-order chi connectivity index (χ0) is 12.8. The average molecular weight is 240 g/mol. The zero-order valence-electron chi connectivity index (χ0n) is 11.2.